The van der Waals surface area contributed by atoms with E-state index in [0.29, 0.717) is 11.5 Å². The number of fused-ring (bicyclic) bond motifs is 3. The highest BCUT2D eigenvalue weighted by Crippen LogP contribution is 2.39. The van der Waals surface area contributed by atoms with Gasteiger partial charge in [-0.05, 0) is 43.2 Å². The van der Waals surface area contributed by atoms with Gasteiger partial charge in [0.05, 0.1) is 0 Å². The van der Waals surface area contributed by atoms with Crippen LogP contribution in [0.25, 0.3) is 0 Å². The third-order valence-electron chi connectivity index (χ3n) is 4.78. The van der Waals surface area contributed by atoms with Crippen LogP contribution in [0.3, 0.4) is 0 Å². The zero-order valence-corrected chi connectivity index (χ0v) is 12.5. The molecule has 1 aromatic heterocycles. The molecular weight excluding hydrogens is 236 g/mol. The average Bonchev–Trinajstić information content (AvgIpc) is 2.82. The van der Waals surface area contributed by atoms with Crippen LogP contribution in [0.15, 0.2) is 6.07 Å². The van der Waals surface area contributed by atoms with Gasteiger partial charge >= 0.3 is 0 Å². The number of aromatic nitrogens is 1. The van der Waals surface area contributed by atoms with Crippen molar-refractivity contribution in [1.82, 2.24) is 9.47 Å². The van der Waals surface area contributed by atoms with Crippen LogP contribution in [-0.2, 0) is 19.4 Å². The highest BCUT2D eigenvalue weighted by molar-refractivity contribution is 5.94. The summed E-state index contributed by atoms with van der Waals surface area (Å²) in [5, 5.41) is 0. The third kappa shape index (κ3) is 1.90. The van der Waals surface area contributed by atoms with Crippen LogP contribution in [0.1, 0.15) is 55.9 Å². The Morgan fingerprint density at radius 2 is 2.05 bits per heavy atom. The van der Waals surface area contributed by atoms with Crippen molar-refractivity contribution in [2.24, 2.45) is 5.41 Å². The largest absolute Gasteiger partial charge is 0.339 e. The summed E-state index contributed by atoms with van der Waals surface area (Å²) in [4.78, 5) is 14.6. The Hall–Kier alpha value is -1.25. The molecule has 2 aliphatic rings. The summed E-state index contributed by atoms with van der Waals surface area (Å²) in [6, 6.07) is 2.50. The maximum absolute atomic E-state index is 12.6. The fourth-order valence-electron chi connectivity index (χ4n) is 3.57. The van der Waals surface area contributed by atoms with E-state index in [0.717, 1.165) is 38.0 Å². The Morgan fingerprint density at radius 1 is 1.32 bits per heavy atom. The van der Waals surface area contributed by atoms with Gasteiger partial charge in [0.2, 0.25) is 0 Å². The highest BCUT2D eigenvalue weighted by atomic mass is 16.2. The number of carbonyl (C=O) groups excluding carboxylic acids is 1. The molecule has 3 heteroatoms. The van der Waals surface area contributed by atoms with Gasteiger partial charge < -0.3 is 9.47 Å². The van der Waals surface area contributed by atoms with Gasteiger partial charge in [-0.15, -0.1) is 0 Å². The molecule has 0 bridgehead atoms. The number of hydrogen-bond acceptors (Lipinski definition) is 1. The third-order valence-corrected chi connectivity index (χ3v) is 4.78. The SMILES string of the molecule is CCC(C)N1CCn2c(cc3c2CC(C)(C)C3)C1=O. The van der Waals surface area contributed by atoms with Crippen LogP contribution in [-0.4, -0.2) is 28.0 Å². The number of hydrogen-bond donors (Lipinski definition) is 0. The number of amides is 1. The molecule has 104 valence electrons. The van der Waals surface area contributed by atoms with Crippen LogP contribution in [0, 0.1) is 5.41 Å². The highest BCUT2D eigenvalue weighted by Gasteiger charge is 2.36. The first-order chi connectivity index (χ1) is 8.93. The quantitative estimate of drug-likeness (QED) is 0.802. The smallest absolute Gasteiger partial charge is 0.270 e. The predicted octanol–water partition coefficient (Wildman–Crippen LogP) is 2.87. The van der Waals surface area contributed by atoms with Crippen molar-refractivity contribution in [3.63, 3.8) is 0 Å². The van der Waals surface area contributed by atoms with E-state index in [-0.39, 0.29) is 5.91 Å². The molecule has 3 rings (SSSR count). The summed E-state index contributed by atoms with van der Waals surface area (Å²) in [6.45, 7) is 10.8. The van der Waals surface area contributed by atoms with Gasteiger partial charge in [-0.3, -0.25) is 4.79 Å². The first kappa shape index (κ1) is 12.8. The first-order valence-corrected chi connectivity index (χ1v) is 7.45. The lowest BCUT2D eigenvalue weighted by atomic mass is 9.90. The standard InChI is InChI=1S/C16H24N2O/c1-5-11(2)17-6-7-18-13(15(17)19)8-12-9-16(3,4)10-14(12)18/h8,11H,5-7,9-10H2,1-4H3. The molecule has 1 amide bonds. The van der Waals surface area contributed by atoms with E-state index >= 15 is 0 Å². The van der Waals surface area contributed by atoms with Crippen molar-refractivity contribution in [2.75, 3.05) is 6.54 Å². The second-order valence-corrected chi connectivity index (χ2v) is 6.93. The maximum atomic E-state index is 12.6. The fraction of sp³-hybridized carbons (Fsp3) is 0.688. The number of carbonyl (C=O) groups is 1. The molecular formula is C16H24N2O. The summed E-state index contributed by atoms with van der Waals surface area (Å²) in [5.41, 5.74) is 4.10. The van der Waals surface area contributed by atoms with Crippen molar-refractivity contribution in [3.05, 3.63) is 23.0 Å². The van der Waals surface area contributed by atoms with Crippen molar-refractivity contribution in [2.45, 2.75) is 59.5 Å². The van der Waals surface area contributed by atoms with Crippen LogP contribution in [0.4, 0.5) is 0 Å². The van der Waals surface area contributed by atoms with Crippen molar-refractivity contribution >= 4 is 5.91 Å². The van der Waals surface area contributed by atoms with Crippen LogP contribution in [0.5, 0.6) is 0 Å². The molecule has 1 unspecified atom stereocenters. The van der Waals surface area contributed by atoms with Gasteiger partial charge in [-0.1, -0.05) is 20.8 Å². The predicted molar refractivity (Wildman–Crippen MR) is 76.4 cm³/mol. The zero-order chi connectivity index (χ0) is 13.8. The van der Waals surface area contributed by atoms with Crippen LogP contribution >= 0.6 is 0 Å². The number of nitrogens with zero attached hydrogens (tertiary/aromatic N) is 2. The molecule has 1 atom stereocenters. The average molecular weight is 260 g/mol. The molecule has 0 aromatic carbocycles. The van der Waals surface area contributed by atoms with Gasteiger partial charge in [0, 0.05) is 24.8 Å². The molecule has 0 fully saturated rings. The van der Waals surface area contributed by atoms with Crippen LogP contribution < -0.4 is 0 Å². The lowest BCUT2D eigenvalue weighted by molar-refractivity contribution is 0.0627. The van der Waals surface area contributed by atoms with E-state index < -0.39 is 0 Å². The topological polar surface area (TPSA) is 25.2 Å². The summed E-state index contributed by atoms with van der Waals surface area (Å²) in [6.07, 6.45) is 3.25. The van der Waals surface area contributed by atoms with E-state index in [4.69, 9.17) is 0 Å². The minimum atomic E-state index is 0.229. The molecule has 19 heavy (non-hydrogen) atoms. The van der Waals surface area contributed by atoms with Gasteiger partial charge in [0.25, 0.3) is 5.91 Å². The Labute approximate surface area is 115 Å². The molecule has 1 aliphatic heterocycles. The fourth-order valence-corrected chi connectivity index (χ4v) is 3.57. The Bertz CT molecular complexity index is 527. The van der Waals surface area contributed by atoms with E-state index in [2.05, 4.69) is 38.3 Å². The van der Waals surface area contributed by atoms with E-state index in [1.807, 2.05) is 4.90 Å². The Balaban J connectivity index is 1.94. The van der Waals surface area contributed by atoms with Crippen LogP contribution in [0.2, 0.25) is 0 Å². The molecule has 0 radical (unpaired) electrons. The molecule has 0 saturated carbocycles. The summed E-state index contributed by atoms with van der Waals surface area (Å²) < 4.78 is 2.28. The minimum absolute atomic E-state index is 0.229. The van der Waals surface area contributed by atoms with Crippen molar-refractivity contribution in [1.29, 1.82) is 0 Å². The van der Waals surface area contributed by atoms with Crippen molar-refractivity contribution < 1.29 is 4.79 Å². The zero-order valence-electron chi connectivity index (χ0n) is 12.5. The minimum Gasteiger partial charge on any atom is -0.339 e. The van der Waals surface area contributed by atoms with E-state index in [1.165, 1.54) is 11.3 Å². The molecule has 0 saturated heterocycles. The maximum Gasteiger partial charge on any atom is 0.270 e. The monoisotopic (exact) mass is 260 g/mol. The normalized spacial score (nSPS) is 22.3. The second kappa shape index (κ2) is 4.12. The van der Waals surface area contributed by atoms with Gasteiger partial charge in [-0.2, -0.15) is 0 Å². The molecule has 1 aliphatic carbocycles. The summed E-state index contributed by atoms with van der Waals surface area (Å²) in [5.74, 6) is 0.229. The summed E-state index contributed by atoms with van der Waals surface area (Å²) in [7, 11) is 0. The Kier molecular flexibility index (Phi) is 2.77. The lowest BCUT2D eigenvalue weighted by Crippen LogP contribution is -2.45. The van der Waals surface area contributed by atoms with E-state index in [1.54, 1.807) is 0 Å². The lowest BCUT2D eigenvalue weighted by Gasteiger charge is -2.34. The Morgan fingerprint density at radius 3 is 2.74 bits per heavy atom. The molecule has 2 heterocycles. The molecule has 0 N–H and O–H groups in total. The second-order valence-electron chi connectivity index (χ2n) is 6.93. The van der Waals surface area contributed by atoms with Crippen molar-refractivity contribution in [3.8, 4) is 0 Å². The molecule has 3 nitrogen and oxygen atoms in total. The molecule has 0 spiro atoms. The van der Waals surface area contributed by atoms with E-state index in [9.17, 15) is 4.79 Å². The number of rotatable bonds is 2. The first-order valence-electron chi connectivity index (χ1n) is 7.45. The van der Waals surface area contributed by atoms with Gasteiger partial charge in [0.1, 0.15) is 5.69 Å². The van der Waals surface area contributed by atoms with Gasteiger partial charge in [0.15, 0.2) is 0 Å². The van der Waals surface area contributed by atoms with Gasteiger partial charge in [-0.25, -0.2) is 0 Å². The molecule has 1 aromatic rings. The summed E-state index contributed by atoms with van der Waals surface area (Å²) >= 11 is 0.